The lowest BCUT2D eigenvalue weighted by molar-refractivity contribution is 0.0759. The molecular formula is C21H20O6. The van der Waals surface area contributed by atoms with E-state index in [1.54, 1.807) is 6.07 Å². The summed E-state index contributed by atoms with van der Waals surface area (Å²) in [5.41, 5.74) is 2.76. The molecule has 27 heavy (non-hydrogen) atoms. The van der Waals surface area contributed by atoms with E-state index in [4.69, 9.17) is 23.7 Å². The Hall–Kier alpha value is -2.76. The van der Waals surface area contributed by atoms with Crippen molar-refractivity contribution < 1.29 is 28.8 Å². The van der Waals surface area contributed by atoms with Gasteiger partial charge in [-0.3, -0.25) is 0 Å². The largest absolute Gasteiger partial charge is 0.504 e. The summed E-state index contributed by atoms with van der Waals surface area (Å²) in [6, 6.07) is 5.57. The number of rotatable bonds is 0. The SMILES string of the molecule is CC1(C)CCc2c(c(O)cc3c2[C@@H]2Oc4cc5c(cc4[C@@H]2CO3)OCO5)O1. The molecule has 6 rings (SSSR count). The molecular weight excluding hydrogens is 348 g/mol. The quantitative estimate of drug-likeness (QED) is 0.762. The lowest BCUT2D eigenvalue weighted by atomic mass is 9.83. The highest BCUT2D eigenvalue weighted by Crippen LogP contribution is 2.57. The van der Waals surface area contributed by atoms with Gasteiger partial charge in [0.15, 0.2) is 23.0 Å². The Balaban J connectivity index is 1.48. The molecule has 0 fully saturated rings. The number of hydrogen-bond donors (Lipinski definition) is 1. The summed E-state index contributed by atoms with van der Waals surface area (Å²) < 4.78 is 29.5. The Labute approximate surface area is 156 Å². The van der Waals surface area contributed by atoms with Gasteiger partial charge in [-0.2, -0.15) is 0 Å². The molecule has 2 aromatic carbocycles. The fraction of sp³-hybridized carbons (Fsp3) is 0.429. The molecule has 0 saturated carbocycles. The van der Waals surface area contributed by atoms with Crippen LogP contribution in [0.4, 0.5) is 0 Å². The van der Waals surface area contributed by atoms with E-state index in [2.05, 4.69) is 0 Å². The lowest BCUT2D eigenvalue weighted by Crippen LogP contribution is -2.34. The first kappa shape index (κ1) is 15.3. The molecule has 0 unspecified atom stereocenters. The van der Waals surface area contributed by atoms with Crippen LogP contribution < -0.4 is 23.7 Å². The minimum Gasteiger partial charge on any atom is -0.504 e. The van der Waals surface area contributed by atoms with E-state index in [1.165, 1.54) is 0 Å². The molecule has 2 atom stereocenters. The Bertz CT molecular complexity index is 979. The summed E-state index contributed by atoms with van der Waals surface area (Å²) in [7, 11) is 0. The van der Waals surface area contributed by atoms with Crippen LogP contribution in [0.1, 0.15) is 49.0 Å². The van der Waals surface area contributed by atoms with Gasteiger partial charge in [0.2, 0.25) is 6.79 Å². The van der Waals surface area contributed by atoms with Crippen molar-refractivity contribution in [1.29, 1.82) is 0 Å². The Morgan fingerprint density at radius 3 is 2.67 bits per heavy atom. The van der Waals surface area contributed by atoms with Gasteiger partial charge in [0.1, 0.15) is 23.2 Å². The number of phenols is 1. The molecule has 0 spiro atoms. The second-order valence-corrected chi connectivity index (χ2v) is 8.18. The summed E-state index contributed by atoms with van der Waals surface area (Å²) in [4.78, 5) is 0. The minimum atomic E-state index is -0.303. The molecule has 140 valence electrons. The van der Waals surface area contributed by atoms with Crippen molar-refractivity contribution in [2.45, 2.75) is 44.3 Å². The van der Waals surface area contributed by atoms with Crippen molar-refractivity contribution >= 4 is 0 Å². The highest BCUT2D eigenvalue weighted by molar-refractivity contribution is 5.63. The van der Waals surface area contributed by atoms with Crippen molar-refractivity contribution in [3.05, 3.63) is 34.9 Å². The van der Waals surface area contributed by atoms with E-state index in [1.807, 2.05) is 26.0 Å². The second-order valence-electron chi connectivity index (χ2n) is 8.18. The van der Waals surface area contributed by atoms with Gasteiger partial charge < -0.3 is 28.8 Å². The van der Waals surface area contributed by atoms with Gasteiger partial charge in [-0.1, -0.05) is 0 Å². The Kier molecular flexibility index (Phi) is 2.80. The normalized spacial score (nSPS) is 25.3. The van der Waals surface area contributed by atoms with Crippen LogP contribution in [0.25, 0.3) is 0 Å². The maximum atomic E-state index is 10.5. The van der Waals surface area contributed by atoms with Crippen LogP contribution in [-0.2, 0) is 6.42 Å². The molecule has 4 heterocycles. The summed E-state index contributed by atoms with van der Waals surface area (Å²) in [6.07, 6.45) is 1.52. The molecule has 6 nitrogen and oxygen atoms in total. The summed E-state index contributed by atoms with van der Waals surface area (Å²) in [5, 5.41) is 10.5. The third-order valence-electron chi connectivity index (χ3n) is 5.95. The van der Waals surface area contributed by atoms with E-state index in [-0.39, 0.29) is 30.2 Å². The van der Waals surface area contributed by atoms with Gasteiger partial charge in [0.25, 0.3) is 0 Å². The van der Waals surface area contributed by atoms with Crippen molar-refractivity contribution in [2.24, 2.45) is 0 Å². The highest BCUT2D eigenvalue weighted by Gasteiger charge is 2.45. The van der Waals surface area contributed by atoms with Gasteiger partial charge >= 0.3 is 0 Å². The summed E-state index contributed by atoms with van der Waals surface area (Å²) >= 11 is 0. The molecule has 0 aromatic heterocycles. The zero-order chi connectivity index (χ0) is 18.3. The smallest absolute Gasteiger partial charge is 0.231 e. The topological polar surface area (TPSA) is 66.4 Å². The molecule has 0 saturated heterocycles. The number of hydrogen-bond acceptors (Lipinski definition) is 6. The van der Waals surface area contributed by atoms with Gasteiger partial charge in [-0.05, 0) is 32.8 Å². The molecule has 1 N–H and O–H groups in total. The number of benzene rings is 2. The maximum absolute atomic E-state index is 10.5. The minimum absolute atomic E-state index is 0.0746. The number of phenolic OH excluding ortho intramolecular Hbond substituents is 1. The van der Waals surface area contributed by atoms with Gasteiger partial charge in [-0.15, -0.1) is 0 Å². The third kappa shape index (κ3) is 2.07. The summed E-state index contributed by atoms with van der Waals surface area (Å²) in [5.74, 6) is 3.72. The van der Waals surface area contributed by atoms with Crippen LogP contribution in [0.3, 0.4) is 0 Å². The van der Waals surface area contributed by atoms with Crippen molar-refractivity contribution in [1.82, 2.24) is 0 Å². The van der Waals surface area contributed by atoms with Gasteiger partial charge in [0, 0.05) is 28.8 Å². The average Bonchev–Trinajstić information content (AvgIpc) is 3.22. The number of aromatic hydroxyl groups is 1. The van der Waals surface area contributed by atoms with Crippen molar-refractivity contribution in [3.8, 4) is 34.5 Å². The van der Waals surface area contributed by atoms with Crippen LogP contribution >= 0.6 is 0 Å². The van der Waals surface area contributed by atoms with E-state index >= 15 is 0 Å². The standard InChI is InChI=1S/C21H20O6/c1-21(2)4-3-10-18-17(6-13(22)19(10)27-21)23-8-12-11-5-15-16(25-9-24-15)7-14(11)26-20(12)18/h5-7,12,20,22H,3-4,8-9H2,1-2H3/t12-,20+/m0/s1. The van der Waals surface area contributed by atoms with Gasteiger partial charge in [0.05, 0.1) is 12.5 Å². The molecule has 0 amide bonds. The molecule has 2 aromatic rings. The van der Waals surface area contributed by atoms with E-state index in [0.717, 1.165) is 41.0 Å². The van der Waals surface area contributed by atoms with Gasteiger partial charge in [-0.25, -0.2) is 0 Å². The molecule has 0 bridgehead atoms. The Morgan fingerprint density at radius 1 is 1.00 bits per heavy atom. The van der Waals surface area contributed by atoms with E-state index in [9.17, 15) is 5.11 Å². The highest BCUT2D eigenvalue weighted by atomic mass is 16.7. The molecule has 0 aliphatic carbocycles. The maximum Gasteiger partial charge on any atom is 0.231 e. The zero-order valence-corrected chi connectivity index (χ0v) is 15.2. The van der Waals surface area contributed by atoms with Crippen LogP contribution in [0.15, 0.2) is 18.2 Å². The van der Waals surface area contributed by atoms with E-state index in [0.29, 0.717) is 23.9 Å². The fourth-order valence-electron chi connectivity index (χ4n) is 4.57. The van der Waals surface area contributed by atoms with Crippen molar-refractivity contribution in [2.75, 3.05) is 13.4 Å². The monoisotopic (exact) mass is 368 g/mol. The van der Waals surface area contributed by atoms with Crippen LogP contribution in [0.5, 0.6) is 34.5 Å². The van der Waals surface area contributed by atoms with Crippen LogP contribution in [0.2, 0.25) is 0 Å². The first-order valence-corrected chi connectivity index (χ1v) is 9.31. The zero-order valence-electron chi connectivity index (χ0n) is 15.2. The number of fused-ring (bicyclic) bond motifs is 8. The second kappa shape index (κ2) is 4.94. The fourth-order valence-corrected chi connectivity index (χ4v) is 4.57. The molecule has 4 aliphatic heterocycles. The third-order valence-corrected chi connectivity index (χ3v) is 5.95. The van der Waals surface area contributed by atoms with E-state index < -0.39 is 0 Å². The molecule has 0 radical (unpaired) electrons. The predicted molar refractivity (Wildman–Crippen MR) is 95.3 cm³/mol. The summed E-state index contributed by atoms with van der Waals surface area (Å²) in [6.45, 7) is 4.82. The number of ether oxygens (including phenoxy) is 5. The molecule has 6 heteroatoms. The lowest BCUT2D eigenvalue weighted by Gasteiger charge is -2.37. The first-order chi connectivity index (χ1) is 13.0. The van der Waals surface area contributed by atoms with Crippen LogP contribution in [0, 0.1) is 0 Å². The van der Waals surface area contributed by atoms with Crippen LogP contribution in [-0.4, -0.2) is 24.1 Å². The predicted octanol–water partition coefficient (Wildman–Crippen LogP) is 3.83. The molecule has 4 aliphatic rings. The Morgan fingerprint density at radius 2 is 1.81 bits per heavy atom. The average molecular weight is 368 g/mol. The van der Waals surface area contributed by atoms with Crippen molar-refractivity contribution in [3.63, 3.8) is 0 Å². The first-order valence-electron chi connectivity index (χ1n) is 9.31.